The molecule has 0 fully saturated rings. The van der Waals surface area contributed by atoms with Gasteiger partial charge in [0.25, 0.3) is 0 Å². The molecule has 2 aromatic carbocycles. The minimum atomic E-state index is -0.922. The summed E-state index contributed by atoms with van der Waals surface area (Å²) < 4.78 is 11.5. The van der Waals surface area contributed by atoms with Crippen LogP contribution in [0.3, 0.4) is 0 Å². The fraction of sp³-hybridized carbons (Fsp3) is 0.333. The van der Waals surface area contributed by atoms with Crippen molar-refractivity contribution in [3.05, 3.63) is 36.4 Å². The number of carboxylic acid groups (broad SMARTS) is 2. The van der Waals surface area contributed by atoms with Crippen molar-refractivity contribution in [1.82, 2.24) is 0 Å². The molecular formula is C24H28N2O8. The number of amides is 2. The van der Waals surface area contributed by atoms with E-state index in [2.05, 4.69) is 10.6 Å². The van der Waals surface area contributed by atoms with Crippen LogP contribution in [0.15, 0.2) is 36.4 Å². The third kappa shape index (κ3) is 8.81. The smallest absolute Gasteiger partial charge is 0.303 e. The number of benzene rings is 2. The number of rotatable bonds is 13. The van der Waals surface area contributed by atoms with Gasteiger partial charge in [0.15, 0.2) is 0 Å². The standard InChI is InChI=1S/C24H28N2O8/c1-15(27)25-19-9-7-17(13-21(19)33-11-3-5-23(29)30)18-8-10-20(26-16(2)28)22(14-18)34-12-4-6-24(31)32/h7-10,13-14H,3-6,11-12H2,1-2H3,(H,25,27)(H,26,28)(H,29,30)(H,31,32). The number of hydrogen-bond acceptors (Lipinski definition) is 6. The topological polar surface area (TPSA) is 151 Å². The molecule has 0 unspecified atom stereocenters. The normalized spacial score (nSPS) is 10.3. The monoisotopic (exact) mass is 472 g/mol. The van der Waals surface area contributed by atoms with Crippen molar-refractivity contribution >= 4 is 35.1 Å². The van der Waals surface area contributed by atoms with Gasteiger partial charge in [0, 0.05) is 26.7 Å². The fourth-order valence-electron chi connectivity index (χ4n) is 3.04. The second-order valence-electron chi connectivity index (χ2n) is 7.48. The summed E-state index contributed by atoms with van der Waals surface area (Å²) in [6.07, 6.45) is 0.530. The lowest BCUT2D eigenvalue weighted by Crippen LogP contribution is -2.09. The van der Waals surface area contributed by atoms with Crippen molar-refractivity contribution in [3.8, 4) is 22.6 Å². The van der Waals surface area contributed by atoms with Gasteiger partial charge in [-0.3, -0.25) is 19.2 Å². The van der Waals surface area contributed by atoms with E-state index in [1.807, 2.05) is 0 Å². The first-order valence-corrected chi connectivity index (χ1v) is 10.7. The molecule has 0 atom stereocenters. The van der Waals surface area contributed by atoms with Gasteiger partial charge in [-0.05, 0) is 48.2 Å². The van der Waals surface area contributed by atoms with E-state index >= 15 is 0 Å². The number of carboxylic acids is 2. The van der Waals surface area contributed by atoms with Crippen LogP contribution in [-0.4, -0.2) is 47.2 Å². The van der Waals surface area contributed by atoms with Gasteiger partial charge >= 0.3 is 11.9 Å². The third-order valence-electron chi connectivity index (χ3n) is 4.50. The number of aliphatic carboxylic acids is 2. The van der Waals surface area contributed by atoms with E-state index in [1.54, 1.807) is 36.4 Å². The molecule has 0 aliphatic heterocycles. The van der Waals surface area contributed by atoms with Crippen LogP contribution in [-0.2, 0) is 19.2 Å². The Morgan fingerprint density at radius 2 is 1.09 bits per heavy atom. The molecule has 0 aliphatic rings. The minimum Gasteiger partial charge on any atom is -0.491 e. The largest absolute Gasteiger partial charge is 0.491 e. The van der Waals surface area contributed by atoms with E-state index < -0.39 is 11.9 Å². The average Bonchev–Trinajstić information content (AvgIpc) is 2.75. The first kappa shape index (κ1) is 26.2. The highest BCUT2D eigenvalue weighted by molar-refractivity contribution is 5.92. The minimum absolute atomic E-state index is 0.0393. The van der Waals surface area contributed by atoms with Crippen LogP contribution < -0.4 is 20.1 Å². The Morgan fingerprint density at radius 3 is 1.41 bits per heavy atom. The van der Waals surface area contributed by atoms with Crippen molar-refractivity contribution in [3.63, 3.8) is 0 Å². The Kier molecular flexibility index (Phi) is 9.88. The van der Waals surface area contributed by atoms with Crippen molar-refractivity contribution in [2.24, 2.45) is 0 Å². The maximum Gasteiger partial charge on any atom is 0.303 e. The van der Waals surface area contributed by atoms with E-state index in [1.165, 1.54) is 13.8 Å². The van der Waals surface area contributed by atoms with Crippen LogP contribution >= 0.6 is 0 Å². The van der Waals surface area contributed by atoms with Crippen molar-refractivity contribution in [1.29, 1.82) is 0 Å². The molecule has 2 rings (SSSR count). The Hall–Kier alpha value is -4.08. The van der Waals surface area contributed by atoms with E-state index in [-0.39, 0.29) is 37.9 Å². The summed E-state index contributed by atoms with van der Waals surface area (Å²) in [4.78, 5) is 44.6. The van der Waals surface area contributed by atoms with Crippen LogP contribution in [0.2, 0.25) is 0 Å². The fourth-order valence-corrected chi connectivity index (χ4v) is 3.04. The number of anilines is 2. The highest BCUT2D eigenvalue weighted by Gasteiger charge is 2.12. The highest BCUT2D eigenvalue weighted by atomic mass is 16.5. The summed E-state index contributed by atoms with van der Waals surface area (Å²) in [5.41, 5.74) is 2.36. The van der Waals surface area contributed by atoms with Gasteiger partial charge in [-0.2, -0.15) is 0 Å². The molecule has 0 aliphatic carbocycles. The van der Waals surface area contributed by atoms with Gasteiger partial charge in [0.05, 0.1) is 24.6 Å². The average molecular weight is 472 g/mol. The molecule has 2 aromatic rings. The van der Waals surface area contributed by atoms with E-state index in [9.17, 15) is 19.2 Å². The molecule has 182 valence electrons. The number of carbonyl (C=O) groups excluding carboxylic acids is 2. The Labute approximate surface area is 196 Å². The maximum atomic E-state index is 11.5. The molecule has 0 saturated heterocycles. The van der Waals surface area contributed by atoms with Gasteiger partial charge in [-0.15, -0.1) is 0 Å². The van der Waals surface area contributed by atoms with Gasteiger partial charge in [-0.25, -0.2) is 0 Å². The van der Waals surface area contributed by atoms with Crippen molar-refractivity contribution in [2.75, 3.05) is 23.8 Å². The third-order valence-corrected chi connectivity index (χ3v) is 4.50. The van der Waals surface area contributed by atoms with Crippen LogP contribution in [0.5, 0.6) is 11.5 Å². The Balaban J connectivity index is 2.31. The lowest BCUT2D eigenvalue weighted by molar-refractivity contribution is -0.138. The maximum absolute atomic E-state index is 11.5. The number of hydrogen-bond donors (Lipinski definition) is 4. The van der Waals surface area contributed by atoms with Crippen LogP contribution in [0, 0.1) is 0 Å². The summed E-state index contributed by atoms with van der Waals surface area (Å²) >= 11 is 0. The van der Waals surface area contributed by atoms with Gasteiger partial charge in [0.1, 0.15) is 11.5 Å². The zero-order valence-electron chi connectivity index (χ0n) is 19.1. The van der Waals surface area contributed by atoms with E-state index in [0.29, 0.717) is 35.7 Å². The van der Waals surface area contributed by atoms with E-state index in [4.69, 9.17) is 19.7 Å². The number of ether oxygens (including phenoxy) is 2. The lowest BCUT2D eigenvalue weighted by atomic mass is 10.0. The summed E-state index contributed by atoms with van der Waals surface area (Å²) in [6.45, 7) is 3.05. The highest BCUT2D eigenvalue weighted by Crippen LogP contribution is 2.35. The van der Waals surface area contributed by atoms with Crippen LogP contribution in [0.4, 0.5) is 11.4 Å². The molecule has 4 N–H and O–H groups in total. The van der Waals surface area contributed by atoms with Crippen molar-refractivity contribution < 1.29 is 38.9 Å². The van der Waals surface area contributed by atoms with Gasteiger partial charge < -0.3 is 30.3 Å². The molecule has 2 amide bonds. The Morgan fingerprint density at radius 1 is 0.706 bits per heavy atom. The summed E-state index contributed by atoms with van der Waals surface area (Å²) in [6, 6.07) is 10.3. The molecule has 10 nitrogen and oxygen atoms in total. The second-order valence-corrected chi connectivity index (χ2v) is 7.48. The van der Waals surface area contributed by atoms with Crippen LogP contribution in [0.1, 0.15) is 39.5 Å². The summed E-state index contributed by atoms with van der Waals surface area (Å²) in [5.74, 6) is -1.63. The number of nitrogens with one attached hydrogen (secondary N) is 2. The quantitative estimate of drug-likeness (QED) is 0.322. The van der Waals surface area contributed by atoms with E-state index in [0.717, 1.165) is 11.1 Å². The number of carbonyl (C=O) groups is 4. The molecule has 0 aromatic heterocycles. The second kappa shape index (κ2) is 12.8. The molecule has 0 heterocycles. The first-order valence-electron chi connectivity index (χ1n) is 10.7. The summed E-state index contributed by atoms with van der Waals surface area (Å²) in [7, 11) is 0. The molecule has 0 spiro atoms. The first-order chi connectivity index (χ1) is 16.2. The lowest BCUT2D eigenvalue weighted by Gasteiger charge is -2.16. The predicted octanol–water partition coefficient (Wildman–Crippen LogP) is 3.76. The zero-order chi connectivity index (χ0) is 25.1. The molecule has 10 heteroatoms. The Bertz CT molecular complexity index is 968. The predicted molar refractivity (Wildman–Crippen MR) is 125 cm³/mol. The van der Waals surface area contributed by atoms with Gasteiger partial charge in [0.2, 0.25) is 11.8 Å². The molecule has 0 radical (unpaired) electrons. The molecule has 0 saturated carbocycles. The van der Waals surface area contributed by atoms with Gasteiger partial charge in [-0.1, -0.05) is 12.1 Å². The molecular weight excluding hydrogens is 444 g/mol. The summed E-state index contributed by atoms with van der Waals surface area (Å²) in [5, 5.41) is 23.0. The molecule has 34 heavy (non-hydrogen) atoms. The van der Waals surface area contributed by atoms with Crippen LogP contribution in [0.25, 0.3) is 11.1 Å². The van der Waals surface area contributed by atoms with Crippen molar-refractivity contribution in [2.45, 2.75) is 39.5 Å². The SMILES string of the molecule is CC(=O)Nc1ccc(-c2ccc(NC(C)=O)c(OCCCC(=O)O)c2)cc1OCCCC(=O)O. The zero-order valence-corrected chi connectivity index (χ0v) is 19.1. The molecule has 0 bridgehead atoms.